The molecule has 1 atom stereocenters. The number of carbonyl (C=O) groups excluding carboxylic acids is 2. The molecule has 3 N–H and O–H groups in total. The summed E-state index contributed by atoms with van der Waals surface area (Å²) in [4.78, 5) is 54.4. The fraction of sp³-hybridized carbons (Fsp3) is 0.471. The number of hydrogen-bond donors (Lipinski definition) is 3. The second-order valence-electron chi connectivity index (χ2n) is 6.92. The van der Waals surface area contributed by atoms with Crippen LogP contribution in [0.3, 0.4) is 0 Å². The predicted octanol–water partition coefficient (Wildman–Crippen LogP) is -2.37. The van der Waals surface area contributed by atoms with E-state index in [9.17, 15) is 24.3 Å². The van der Waals surface area contributed by atoms with Crippen molar-refractivity contribution in [2.45, 2.75) is 32.4 Å². The van der Waals surface area contributed by atoms with Crippen molar-refractivity contribution in [2.24, 2.45) is 5.10 Å². The average Bonchev–Trinajstić information content (AvgIpc) is 3.03. The van der Waals surface area contributed by atoms with Crippen molar-refractivity contribution in [3.05, 3.63) is 26.4 Å². The molecule has 13 nitrogen and oxygen atoms in total. The van der Waals surface area contributed by atoms with Crippen LogP contribution in [0.5, 0.6) is 5.88 Å². The number of aromatic nitrogens is 2. The van der Waals surface area contributed by atoms with Gasteiger partial charge in [0.15, 0.2) is 0 Å². The van der Waals surface area contributed by atoms with E-state index in [0.29, 0.717) is 6.42 Å². The minimum atomic E-state index is -0.789. The number of likely N-dealkylation sites (N-methyl/N-ethyl adjacent to an activating group) is 3. The second-order valence-corrected chi connectivity index (χ2v) is 6.92. The van der Waals surface area contributed by atoms with Gasteiger partial charge in [-0.3, -0.25) is 24.0 Å². The number of imide groups is 1. The first-order chi connectivity index (χ1) is 14.2. The average molecular weight is 419 g/mol. The molecule has 0 radical (unpaired) electrons. The molecule has 0 bridgehead atoms. The van der Waals surface area contributed by atoms with Gasteiger partial charge in [0, 0.05) is 20.6 Å². The summed E-state index contributed by atoms with van der Waals surface area (Å²) in [5, 5.41) is 14.2. The molecule has 2 aliphatic heterocycles. The molecule has 160 valence electrons. The summed E-state index contributed by atoms with van der Waals surface area (Å²) in [6, 6.07) is -1.29. The lowest BCUT2D eigenvalue weighted by Gasteiger charge is -2.30. The van der Waals surface area contributed by atoms with Gasteiger partial charge in [-0.2, -0.15) is 5.43 Å². The molecule has 0 saturated carbocycles. The van der Waals surface area contributed by atoms with Gasteiger partial charge in [0.1, 0.15) is 5.56 Å². The number of nitrogens with one attached hydrogen (secondary N) is 2. The maximum absolute atomic E-state index is 12.4. The molecule has 3 amide bonds. The third-order valence-corrected chi connectivity index (χ3v) is 4.97. The summed E-state index contributed by atoms with van der Waals surface area (Å²) in [5.74, 6) is -0.506. The SMILES string of the molecule is CCCCn1c(O)c(/C=N/NC2=[N+]=C3C(C(=O)N(C)C(=O)N3C)N2C)c(=O)[nH]c1=O. The number of unbranched alkanes of at least 4 members (excludes halogenated alkanes) is 1. The second kappa shape index (κ2) is 7.87. The molecule has 2 aliphatic rings. The van der Waals surface area contributed by atoms with Gasteiger partial charge in [-0.25, -0.2) is 24.1 Å². The first kappa shape index (κ1) is 20.9. The number of hydrazone groups is 1. The molecule has 30 heavy (non-hydrogen) atoms. The van der Waals surface area contributed by atoms with Crippen molar-refractivity contribution in [3.63, 3.8) is 0 Å². The zero-order chi connectivity index (χ0) is 22.2. The van der Waals surface area contributed by atoms with E-state index in [-0.39, 0.29) is 23.9 Å². The van der Waals surface area contributed by atoms with Crippen LogP contribution in [0.2, 0.25) is 0 Å². The van der Waals surface area contributed by atoms with Crippen molar-refractivity contribution in [1.82, 2.24) is 34.3 Å². The standard InChI is InChI=1S/C17H22N8O5/c1-5-6-7-25-13(27)9(12(26)20-16(25)29)8-18-21-15-19-11-10(22(15)2)14(28)24(4)17(30)23(11)3/h8,10H,5-7H2,1-4H3,(H2,18,20,26,27,29)/p+1. The lowest BCUT2D eigenvalue weighted by Crippen LogP contribution is -2.63. The van der Waals surface area contributed by atoms with E-state index >= 15 is 0 Å². The van der Waals surface area contributed by atoms with Gasteiger partial charge < -0.3 is 5.11 Å². The zero-order valence-electron chi connectivity index (χ0n) is 17.0. The lowest BCUT2D eigenvalue weighted by atomic mass is 10.1. The van der Waals surface area contributed by atoms with E-state index in [0.717, 1.165) is 22.1 Å². The Morgan fingerprint density at radius 3 is 2.57 bits per heavy atom. The number of H-pyrrole nitrogens is 1. The summed E-state index contributed by atoms with van der Waals surface area (Å²) in [5.41, 5.74) is 0.911. The summed E-state index contributed by atoms with van der Waals surface area (Å²) in [7, 11) is 4.50. The smallest absolute Gasteiger partial charge is 0.421 e. The van der Waals surface area contributed by atoms with Crippen molar-refractivity contribution >= 4 is 29.9 Å². The molecule has 0 aromatic carbocycles. The Balaban J connectivity index is 1.87. The first-order valence-corrected chi connectivity index (χ1v) is 9.27. The molecule has 0 spiro atoms. The molecule has 1 fully saturated rings. The highest BCUT2D eigenvalue weighted by atomic mass is 16.3. The third kappa shape index (κ3) is 3.35. The van der Waals surface area contributed by atoms with Crippen molar-refractivity contribution < 1.29 is 14.7 Å². The normalized spacial score (nSPS) is 18.8. The van der Waals surface area contributed by atoms with Crippen molar-refractivity contribution in [2.75, 3.05) is 21.1 Å². The van der Waals surface area contributed by atoms with Crippen molar-refractivity contribution in [3.8, 4) is 5.88 Å². The van der Waals surface area contributed by atoms with E-state index in [2.05, 4.69) is 20.2 Å². The Hall–Kier alpha value is -3.86. The van der Waals surface area contributed by atoms with Crippen LogP contribution < -0.4 is 21.3 Å². The number of aromatic hydroxyl groups is 1. The monoisotopic (exact) mass is 419 g/mol. The molecule has 1 unspecified atom stereocenters. The summed E-state index contributed by atoms with van der Waals surface area (Å²) >= 11 is 0. The maximum Gasteiger partial charge on any atom is 0.421 e. The van der Waals surface area contributed by atoms with Gasteiger partial charge in [0.05, 0.1) is 13.3 Å². The van der Waals surface area contributed by atoms with E-state index in [4.69, 9.17) is 0 Å². The highest BCUT2D eigenvalue weighted by Crippen LogP contribution is 2.16. The minimum Gasteiger partial charge on any atom is -0.494 e. The Morgan fingerprint density at radius 2 is 1.90 bits per heavy atom. The molecular weight excluding hydrogens is 396 g/mol. The zero-order valence-corrected chi connectivity index (χ0v) is 17.0. The molecule has 1 aromatic heterocycles. The number of aromatic amines is 1. The number of amidine groups is 1. The van der Waals surface area contributed by atoms with Crippen LogP contribution in [0.15, 0.2) is 14.7 Å². The largest absolute Gasteiger partial charge is 0.494 e. The topological polar surface area (TPSA) is 157 Å². The Labute approximate surface area is 170 Å². The van der Waals surface area contributed by atoms with Crippen LogP contribution in [0.25, 0.3) is 0 Å². The number of amides is 3. The number of rotatable bonds is 5. The van der Waals surface area contributed by atoms with Crippen LogP contribution in [0.1, 0.15) is 25.3 Å². The van der Waals surface area contributed by atoms with Crippen molar-refractivity contribution in [1.29, 1.82) is 0 Å². The Bertz CT molecular complexity index is 1110. The predicted molar refractivity (Wildman–Crippen MR) is 108 cm³/mol. The lowest BCUT2D eigenvalue weighted by molar-refractivity contribution is -0.130. The van der Waals surface area contributed by atoms with Gasteiger partial charge in [0.2, 0.25) is 11.9 Å². The molecule has 13 heteroatoms. The summed E-state index contributed by atoms with van der Waals surface area (Å²) in [6.07, 6.45) is 2.50. The van der Waals surface area contributed by atoms with Gasteiger partial charge >= 0.3 is 23.5 Å². The van der Waals surface area contributed by atoms with E-state index in [1.165, 1.54) is 23.9 Å². The quantitative estimate of drug-likeness (QED) is 0.273. The number of urea groups is 1. The maximum atomic E-state index is 12.4. The summed E-state index contributed by atoms with van der Waals surface area (Å²) in [6.45, 7) is 2.18. The van der Waals surface area contributed by atoms with Crippen LogP contribution in [-0.4, -0.2) is 86.5 Å². The Morgan fingerprint density at radius 1 is 1.20 bits per heavy atom. The van der Waals surface area contributed by atoms with Gasteiger partial charge in [-0.15, -0.1) is 5.10 Å². The molecule has 3 rings (SSSR count). The number of nitrogens with zero attached hydrogens (tertiary/aromatic N) is 6. The highest BCUT2D eigenvalue weighted by Gasteiger charge is 2.53. The number of carbonyl (C=O) groups is 2. The summed E-state index contributed by atoms with van der Waals surface area (Å²) < 4.78 is 5.30. The van der Waals surface area contributed by atoms with Crippen LogP contribution in [0, 0.1) is 0 Å². The minimum absolute atomic E-state index is 0.171. The number of guanidine groups is 1. The first-order valence-electron chi connectivity index (χ1n) is 9.27. The van der Waals surface area contributed by atoms with Crippen LogP contribution >= 0.6 is 0 Å². The van der Waals surface area contributed by atoms with Gasteiger partial charge in [-0.05, 0) is 6.42 Å². The van der Waals surface area contributed by atoms with Crippen LogP contribution in [-0.2, 0) is 11.3 Å². The van der Waals surface area contributed by atoms with Crippen LogP contribution in [0.4, 0.5) is 4.79 Å². The van der Waals surface area contributed by atoms with E-state index in [1.54, 1.807) is 7.05 Å². The molecule has 3 heterocycles. The molecule has 0 aliphatic carbocycles. The fourth-order valence-electron chi connectivity index (χ4n) is 3.15. The highest BCUT2D eigenvalue weighted by molar-refractivity contribution is 6.23. The Kier molecular flexibility index (Phi) is 5.47. The number of hydrogen-bond acceptors (Lipinski definition) is 8. The molecule has 1 saturated heterocycles. The molecule has 1 aromatic rings. The van der Waals surface area contributed by atoms with E-state index < -0.39 is 35.1 Å². The van der Waals surface area contributed by atoms with Gasteiger partial charge in [0.25, 0.3) is 11.5 Å². The third-order valence-electron chi connectivity index (χ3n) is 4.97. The van der Waals surface area contributed by atoms with Gasteiger partial charge in [-0.1, -0.05) is 13.3 Å². The number of fused-ring (bicyclic) bond motifs is 1. The molecular formula is C17H23N8O5+. The fourth-order valence-corrected chi connectivity index (χ4v) is 3.15. The van der Waals surface area contributed by atoms with E-state index in [1.807, 2.05) is 6.92 Å².